The van der Waals surface area contributed by atoms with Crippen molar-refractivity contribution in [3.63, 3.8) is 0 Å². The van der Waals surface area contributed by atoms with Crippen LogP contribution in [0.25, 0.3) is 0 Å². The van der Waals surface area contributed by atoms with Crippen LogP contribution in [0.1, 0.15) is 43.8 Å². The number of aryl methyl sites for hydroxylation is 1. The van der Waals surface area contributed by atoms with Crippen molar-refractivity contribution in [3.8, 4) is 0 Å². The lowest BCUT2D eigenvalue weighted by Gasteiger charge is -2.30. The maximum Gasteiger partial charge on any atom is 0.416 e. The standard InChI is InChI=1S/C25H17ClF6N2O2/c26-19-5-3-14(4-6-19)23(36)34-9-1-2-15-12-20(7-8-21(15)34)33-22(35)16-10-17(24(27,28)29)13-18(11-16)25(30,31)32/h3-8,10-13H,1-2,9H2,(H,33,35). The number of benzene rings is 3. The molecule has 0 aromatic heterocycles. The zero-order valence-electron chi connectivity index (χ0n) is 18.3. The molecule has 4 rings (SSSR count). The number of fused-ring (bicyclic) bond motifs is 1. The first-order valence-corrected chi connectivity index (χ1v) is 11.0. The number of nitrogens with one attached hydrogen (secondary N) is 1. The third-order valence-electron chi connectivity index (χ3n) is 5.64. The molecule has 0 unspecified atom stereocenters. The second kappa shape index (κ2) is 9.50. The van der Waals surface area contributed by atoms with E-state index in [0.29, 0.717) is 53.4 Å². The third-order valence-corrected chi connectivity index (χ3v) is 5.89. The van der Waals surface area contributed by atoms with Crippen molar-refractivity contribution in [2.45, 2.75) is 25.2 Å². The Hall–Kier alpha value is -3.53. The van der Waals surface area contributed by atoms with Crippen LogP contribution in [0.3, 0.4) is 0 Å². The van der Waals surface area contributed by atoms with E-state index < -0.39 is 35.0 Å². The minimum Gasteiger partial charge on any atom is -0.322 e. The normalized spacial score (nSPS) is 13.8. The number of anilines is 2. The van der Waals surface area contributed by atoms with Crippen molar-refractivity contribution >= 4 is 34.8 Å². The van der Waals surface area contributed by atoms with Gasteiger partial charge in [0, 0.05) is 34.1 Å². The molecule has 0 saturated carbocycles. The number of rotatable bonds is 3. The van der Waals surface area contributed by atoms with Crippen LogP contribution in [0.2, 0.25) is 5.02 Å². The first-order chi connectivity index (χ1) is 16.8. The number of nitrogens with zero attached hydrogens (tertiary/aromatic N) is 1. The van der Waals surface area contributed by atoms with E-state index in [1.165, 1.54) is 6.07 Å². The molecule has 0 atom stereocenters. The maximum atomic E-state index is 13.1. The molecule has 0 fully saturated rings. The summed E-state index contributed by atoms with van der Waals surface area (Å²) in [7, 11) is 0. The molecule has 11 heteroatoms. The zero-order valence-corrected chi connectivity index (χ0v) is 19.1. The van der Waals surface area contributed by atoms with Crippen molar-refractivity contribution in [2.24, 2.45) is 0 Å². The Labute approximate surface area is 206 Å². The average molecular weight is 527 g/mol. The molecule has 1 aliphatic heterocycles. The zero-order chi connectivity index (χ0) is 26.3. The minimum atomic E-state index is -5.07. The lowest BCUT2D eigenvalue weighted by molar-refractivity contribution is -0.143. The Morgan fingerprint density at radius 1 is 0.806 bits per heavy atom. The fourth-order valence-corrected chi connectivity index (χ4v) is 4.05. The first-order valence-electron chi connectivity index (χ1n) is 10.6. The molecule has 0 aliphatic carbocycles. The SMILES string of the molecule is O=C(Nc1ccc2c(c1)CCCN2C(=O)c1ccc(Cl)cc1)c1cc(C(F)(F)F)cc(C(F)(F)F)c1. The first kappa shape index (κ1) is 25.6. The Kier molecular flexibility index (Phi) is 6.74. The van der Waals surface area contributed by atoms with E-state index in [9.17, 15) is 35.9 Å². The van der Waals surface area contributed by atoms with Gasteiger partial charge in [0.1, 0.15) is 0 Å². The van der Waals surface area contributed by atoms with Crippen molar-refractivity contribution < 1.29 is 35.9 Å². The summed E-state index contributed by atoms with van der Waals surface area (Å²) in [6, 6.07) is 11.6. The van der Waals surface area contributed by atoms with Crippen LogP contribution in [-0.2, 0) is 18.8 Å². The molecule has 0 spiro atoms. The Bertz CT molecular complexity index is 1290. The Morgan fingerprint density at radius 3 is 2.00 bits per heavy atom. The largest absolute Gasteiger partial charge is 0.416 e. The predicted molar refractivity (Wildman–Crippen MR) is 122 cm³/mol. The van der Waals surface area contributed by atoms with Gasteiger partial charge in [-0.2, -0.15) is 26.3 Å². The number of alkyl halides is 6. The monoisotopic (exact) mass is 526 g/mol. The van der Waals surface area contributed by atoms with Crippen molar-refractivity contribution in [3.05, 3.63) is 93.5 Å². The van der Waals surface area contributed by atoms with Gasteiger partial charge in [-0.3, -0.25) is 9.59 Å². The van der Waals surface area contributed by atoms with Crippen molar-refractivity contribution in [2.75, 3.05) is 16.8 Å². The van der Waals surface area contributed by atoms with Gasteiger partial charge in [-0.05, 0) is 79.1 Å². The molecule has 1 N–H and O–H groups in total. The maximum absolute atomic E-state index is 13.1. The topological polar surface area (TPSA) is 49.4 Å². The summed E-state index contributed by atoms with van der Waals surface area (Å²) in [6.07, 6.45) is -8.96. The van der Waals surface area contributed by atoms with Gasteiger partial charge in [-0.1, -0.05) is 11.6 Å². The summed E-state index contributed by atoms with van der Waals surface area (Å²) in [5, 5.41) is 2.84. The van der Waals surface area contributed by atoms with Gasteiger partial charge >= 0.3 is 12.4 Å². The van der Waals surface area contributed by atoms with Gasteiger partial charge in [0.05, 0.1) is 11.1 Å². The van der Waals surface area contributed by atoms with Gasteiger partial charge in [0.25, 0.3) is 11.8 Å². The fraction of sp³-hybridized carbons (Fsp3) is 0.200. The van der Waals surface area contributed by atoms with E-state index in [0.717, 1.165) is 0 Å². The summed E-state index contributed by atoms with van der Waals surface area (Å²) in [5.74, 6) is -1.38. The second-order valence-electron chi connectivity index (χ2n) is 8.16. The molecule has 1 heterocycles. The average Bonchev–Trinajstić information content (AvgIpc) is 2.82. The van der Waals surface area contributed by atoms with Crippen molar-refractivity contribution in [1.82, 2.24) is 0 Å². The lowest BCUT2D eigenvalue weighted by Crippen LogP contribution is -2.35. The molecule has 0 bridgehead atoms. The van der Waals surface area contributed by atoms with Crippen LogP contribution in [0.5, 0.6) is 0 Å². The summed E-state index contributed by atoms with van der Waals surface area (Å²) >= 11 is 5.88. The highest BCUT2D eigenvalue weighted by atomic mass is 35.5. The van der Waals surface area contributed by atoms with Crippen LogP contribution < -0.4 is 10.2 Å². The highest BCUT2D eigenvalue weighted by molar-refractivity contribution is 6.30. The van der Waals surface area contributed by atoms with Gasteiger partial charge in [0.15, 0.2) is 0 Å². The molecule has 0 saturated heterocycles. The van der Waals surface area contributed by atoms with Gasteiger partial charge in [-0.25, -0.2) is 0 Å². The molecule has 3 aromatic rings. The van der Waals surface area contributed by atoms with Crippen LogP contribution in [-0.4, -0.2) is 18.4 Å². The smallest absolute Gasteiger partial charge is 0.322 e. The van der Waals surface area contributed by atoms with Crippen LogP contribution in [0.4, 0.5) is 37.7 Å². The lowest BCUT2D eigenvalue weighted by atomic mass is 9.99. The molecule has 1 aliphatic rings. The second-order valence-corrected chi connectivity index (χ2v) is 8.60. The number of amides is 2. The molecule has 0 radical (unpaired) electrons. The highest BCUT2D eigenvalue weighted by Gasteiger charge is 2.37. The number of hydrogen-bond donors (Lipinski definition) is 1. The molecular weight excluding hydrogens is 510 g/mol. The molecule has 36 heavy (non-hydrogen) atoms. The van der Waals surface area contributed by atoms with Gasteiger partial charge in [-0.15, -0.1) is 0 Å². The van der Waals surface area contributed by atoms with Gasteiger partial charge < -0.3 is 10.2 Å². The summed E-state index contributed by atoms with van der Waals surface area (Å²) < 4.78 is 78.7. The van der Waals surface area contributed by atoms with Crippen molar-refractivity contribution in [1.29, 1.82) is 0 Å². The molecule has 4 nitrogen and oxygen atoms in total. The van der Waals surface area contributed by atoms with Crippen LogP contribution in [0, 0.1) is 0 Å². The van der Waals surface area contributed by atoms with E-state index in [1.807, 2.05) is 0 Å². The van der Waals surface area contributed by atoms with E-state index in [1.54, 1.807) is 41.3 Å². The summed E-state index contributed by atoms with van der Waals surface area (Å²) in [4.78, 5) is 27.1. The predicted octanol–water partition coefficient (Wildman–Crippen LogP) is 7.22. The number of carbonyl (C=O) groups excluding carboxylic acids is 2. The van der Waals surface area contributed by atoms with Gasteiger partial charge in [0.2, 0.25) is 0 Å². The molecule has 3 aromatic carbocycles. The molecule has 188 valence electrons. The Balaban J connectivity index is 1.60. The number of carbonyl (C=O) groups is 2. The minimum absolute atomic E-state index is 0.0397. The number of hydrogen-bond acceptors (Lipinski definition) is 2. The summed E-state index contributed by atoms with van der Waals surface area (Å²) in [5.41, 5.74) is -2.05. The van der Waals surface area contributed by atoms with Crippen LogP contribution >= 0.6 is 11.6 Å². The fourth-order valence-electron chi connectivity index (χ4n) is 3.92. The molecule has 2 amide bonds. The Morgan fingerprint density at radius 2 is 1.42 bits per heavy atom. The van der Waals surface area contributed by atoms with E-state index in [2.05, 4.69) is 5.32 Å². The summed E-state index contributed by atoms with van der Waals surface area (Å²) in [6.45, 7) is 0.449. The quantitative estimate of drug-likeness (QED) is 0.366. The van der Waals surface area contributed by atoms with E-state index in [-0.39, 0.29) is 17.7 Å². The highest BCUT2D eigenvalue weighted by Crippen LogP contribution is 2.37. The van der Waals surface area contributed by atoms with E-state index >= 15 is 0 Å². The third kappa shape index (κ3) is 5.48. The van der Waals surface area contributed by atoms with E-state index in [4.69, 9.17) is 11.6 Å². The van der Waals surface area contributed by atoms with Crippen LogP contribution in [0.15, 0.2) is 60.7 Å². The molecular formula is C25H17ClF6N2O2. The number of halogens is 7.